The molecule has 0 aromatic carbocycles. The molecule has 0 aromatic rings. The maximum atomic E-state index is 11.7. The van der Waals surface area contributed by atoms with Crippen molar-refractivity contribution in [2.75, 3.05) is 33.9 Å². The summed E-state index contributed by atoms with van der Waals surface area (Å²) in [5.74, 6) is -0.694. The number of carboxylic acids is 1. The number of hydrogen-bond donors (Lipinski definition) is 2. The lowest BCUT2D eigenvalue weighted by atomic mass is 9.78. The third-order valence-electron chi connectivity index (χ3n) is 4.33. The van der Waals surface area contributed by atoms with Crippen LogP contribution in [0.1, 0.15) is 45.4 Å². The van der Waals surface area contributed by atoms with E-state index in [1.165, 1.54) is 0 Å². The summed E-state index contributed by atoms with van der Waals surface area (Å²) in [5.41, 5.74) is -0.728. The molecule has 20 heavy (non-hydrogen) atoms. The minimum atomic E-state index is -0.728. The molecule has 0 spiro atoms. The van der Waals surface area contributed by atoms with Gasteiger partial charge in [0.2, 0.25) is 0 Å². The van der Waals surface area contributed by atoms with Crippen LogP contribution in [-0.4, -0.2) is 61.4 Å². The Morgan fingerprint density at radius 3 is 2.90 bits per heavy atom. The number of aliphatic carboxylic acids is 1. The number of hydrogen-bond acceptors (Lipinski definition) is 4. The van der Waals surface area contributed by atoms with Crippen LogP contribution in [0.15, 0.2) is 0 Å². The van der Waals surface area contributed by atoms with Crippen LogP contribution in [0.5, 0.6) is 0 Å². The van der Waals surface area contributed by atoms with Crippen molar-refractivity contribution in [3.8, 4) is 0 Å². The van der Waals surface area contributed by atoms with Gasteiger partial charge >= 0.3 is 5.97 Å². The van der Waals surface area contributed by atoms with E-state index in [2.05, 4.69) is 24.2 Å². The zero-order chi connectivity index (χ0) is 15.0. The molecule has 0 bridgehead atoms. The average Bonchev–Trinajstić information content (AvgIpc) is 2.45. The van der Waals surface area contributed by atoms with Crippen molar-refractivity contribution < 1.29 is 14.6 Å². The summed E-state index contributed by atoms with van der Waals surface area (Å²) < 4.78 is 5.08. The van der Waals surface area contributed by atoms with Crippen molar-refractivity contribution in [2.24, 2.45) is 0 Å². The Bertz CT molecular complexity index is 299. The molecule has 0 heterocycles. The Kier molecular flexibility index (Phi) is 7.48. The molecule has 2 unspecified atom stereocenters. The molecule has 1 aliphatic carbocycles. The fourth-order valence-corrected chi connectivity index (χ4v) is 3.06. The van der Waals surface area contributed by atoms with Gasteiger partial charge in [0.25, 0.3) is 0 Å². The molecule has 5 nitrogen and oxygen atoms in total. The van der Waals surface area contributed by atoms with E-state index in [-0.39, 0.29) is 0 Å². The summed E-state index contributed by atoms with van der Waals surface area (Å²) in [6.45, 7) is 4.56. The van der Waals surface area contributed by atoms with Gasteiger partial charge in [-0.3, -0.25) is 4.79 Å². The second kappa shape index (κ2) is 8.60. The summed E-state index contributed by atoms with van der Waals surface area (Å²) in [5, 5.41) is 12.9. The summed E-state index contributed by atoms with van der Waals surface area (Å²) >= 11 is 0. The molecule has 1 rings (SSSR count). The Morgan fingerprint density at radius 2 is 2.30 bits per heavy atom. The molecular formula is C15H30N2O3. The van der Waals surface area contributed by atoms with Gasteiger partial charge in [0.05, 0.1) is 0 Å². The standard InChI is InChI=1S/C15H30N2O3/c1-4-9-16-15(14(18)19)8-5-7-13(12-15)17(2)10-6-11-20-3/h13,16H,4-12H2,1-3H3,(H,18,19). The lowest BCUT2D eigenvalue weighted by Crippen LogP contribution is -2.58. The van der Waals surface area contributed by atoms with Crippen molar-refractivity contribution in [2.45, 2.75) is 57.0 Å². The molecule has 0 saturated heterocycles. The highest BCUT2D eigenvalue weighted by Gasteiger charge is 2.43. The van der Waals surface area contributed by atoms with Crippen LogP contribution in [-0.2, 0) is 9.53 Å². The topological polar surface area (TPSA) is 61.8 Å². The Morgan fingerprint density at radius 1 is 1.55 bits per heavy atom. The maximum absolute atomic E-state index is 11.7. The van der Waals surface area contributed by atoms with Gasteiger partial charge in [0, 0.05) is 26.3 Å². The first-order valence-corrected chi connectivity index (χ1v) is 7.73. The molecule has 1 aliphatic rings. The van der Waals surface area contributed by atoms with Gasteiger partial charge in [-0.15, -0.1) is 0 Å². The van der Waals surface area contributed by atoms with Gasteiger partial charge in [-0.2, -0.15) is 0 Å². The second-order valence-electron chi connectivity index (χ2n) is 5.89. The number of rotatable bonds is 9. The molecule has 2 N–H and O–H groups in total. The molecule has 0 aliphatic heterocycles. The number of ether oxygens (including phenoxy) is 1. The summed E-state index contributed by atoms with van der Waals surface area (Å²) in [6, 6.07) is 0.348. The molecule has 5 heteroatoms. The molecular weight excluding hydrogens is 256 g/mol. The van der Waals surface area contributed by atoms with Crippen LogP contribution in [0.3, 0.4) is 0 Å². The molecule has 0 amide bonds. The van der Waals surface area contributed by atoms with Gasteiger partial charge in [0.15, 0.2) is 0 Å². The van der Waals surface area contributed by atoms with Crippen LogP contribution < -0.4 is 5.32 Å². The Hall–Kier alpha value is -0.650. The van der Waals surface area contributed by atoms with E-state index in [1.54, 1.807) is 7.11 Å². The predicted octanol–water partition coefficient (Wildman–Crippen LogP) is 1.72. The third kappa shape index (κ3) is 4.72. The lowest BCUT2D eigenvalue weighted by Gasteiger charge is -2.41. The number of carbonyl (C=O) groups is 1. The molecule has 0 radical (unpaired) electrons. The smallest absolute Gasteiger partial charge is 0.323 e. The Labute approximate surface area is 122 Å². The van der Waals surface area contributed by atoms with Crippen molar-refractivity contribution in [3.63, 3.8) is 0 Å². The first-order valence-electron chi connectivity index (χ1n) is 7.73. The minimum absolute atomic E-state index is 0.348. The second-order valence-corrected chi connectivity index (χ2v) is 5.89. The Balaban J connectivity index is 2.59. The number of carboxylic acid groups (broad SMARTS) is 1. The van der Waals surface area contributed by atoms with Gasteiger partial charge in [-0.1, -0.05) is 6.92 Å². The zero-order valence-corrected chi connectivity index (χ0v) is 13.2. The van der Waals surface area contributed by atoms with Crippen molar-refractivity contribution in [1.82, 2.24) is 10.2 Å². The molecule has 2 atom stereocenters. The van der Waals surface area contributed by atoms with Crippen LogP contribution in [0.2, 0.25) is 0 Å². The van der Waals surface area contributed by atoms with E-state index in [1.807, 2.05) is 0 Å². The number of methoxy groups -OCH3 is 1. The monoisotopic (exact) mass is 286 g/mol. The minimum Gasteiger partial charge on any atom is -0.480 e. The SMILES string of the molecule is CCCNC1(C(=O)O)CCCC(N(C)CCCOC)C1. The van der Waals surface area contributed by atoms with Gasteiger partial charge < -0.3 is 20.1 Å². The van der Waals surface area contributed by atoms with Crippen LogP contribution >= 0.6 is 0 Å². The highest BCUT2D eigenvalue weighted by molar-refractivity contribution is 5.79. The van der Waals surface area contributed by atoms with Gasteiger partial charge in [-0.25, -0.2) is 0 Å². The first-order chi connectivity index (χ1) is 9.55. The van der Waals surface area contributed by atoms with Crippen molar-refractivity contribution >= 4 is 5.97 Å². The third-order valence-corrected chi connectivity index (χ3v) is 4.33. The van der Waals surface area contributed by atoms with Crippen molar-refractivity contribution in [1.29, 1.82) is 0 Å². The molecule has 1 fully saturated rings. The van der Waals surface area contributed by atoms with E-state index < -0.39 is 11.5 Å². The quantitative estimate of drug-likeness (QED) is 0.632. The van der Waals surface area contributed by atoms with Crippen LogP contribution in [0, 0.1) is 0 Å². The van der Waals surface area contributed by atoms with E-state index in [4.69, 9.17) is 4.74 Å². The largest absolute Gasteiger partial charge is 0.480 e. The van der Waals surface area contributed by atoms with E-state index in [0.717, 1.165) is 51.8 Å². The van der Waals surface area contributed by atoms with Crippen LogP contribution in [0.4, 0.5) is 0 Å². The summed E-state index contributed by atoms with van der Waals surface area (Å²) in [7, 11) is 3.81. The normalized spacial score (nSPS) is 26.9. The van der Waals surface area contributed by atoms with Crippen molar-refractivity contribution in [3.05, 3.63) is 0 Å². The van der Waals surface area contributed by atoms with Gasteiger partial charge in [-0.05, 0) is 52.1 Å². The van der Waals surface area contributed by atoms with E-state index in [9.17, 15) is 9.90 Å². The molecule has 1 saturated carbocycles. The van der Waals surface area contributed by atoms with E-state index >= 15 is 0 Å². The zero-order valence-electron chi connectivity index (χ0n) is 13.2. The van der Waals surface area contributed by atoms with Gasteiger partial charge in [0.1, 0.15) is 5.54 Å². The maximum Gasteiger partial charge on any atom is 0.323 e. The van der Waals surface area contributed by atoms with E-state index in [0.29, 0.717) is 12.5 Å². The molecule has 0 aromatic heterocycles. The highest BCUT2D eigenvalue weighted by atomic mass is 16.5. The van der Waals surface area contributed by atoms with Crippen LogP contribution in [0.25, 0.3) is 0 Å². The summed E-state index contributed by atoms with van der Waals surface area (Å²) in [4.78, 5) is 14.0. The summed E-state index contributed by atoms with van der Waals surface area (Å²) in [6.07, 6.45) is 5.46. The highest BCUT2D eigenvalue weighted by Crippen LogP contribution is 2.31. The fourth-order valence-electron chi connectivity index (χ4n) is 3.06. The number of nitrogens with one attached hydrogen (secondary N) is 1. The lowest BCUT2D eigenvalue weighted by molar-refractivity contribution is -0.147. The number of nitrogens with zero attached hydrogens (tertiary/aromatic N) is 1. The first kappa shape index (κ1) is 17.4. The predicted molar refractivity (Wildman–Crippen MR) is 80.0 cm³/mol. The fraction of sp³-hybridized carbons (Fsp3) is 0.933. The molecule has 118 valence electrons. The average molecular weight is 286 g/mol.